The number of carboxylic acid groups (broad SMARTS) is 1. The molecule has 68 valence electrons. The van der Waals surface area contributed by atoms with Crippen LogP contribution in [0, 0.1) is 11.8 Å². The van der Waals surface area contributed by atoms with Crippen molar-refractivity contribution in [3.63, 3.8) is 0 Å². The van der Waals surface area contributed by atoms with Crippen LogP contribution < -0.4 is 0 Å². The summed E-state index contributed by atoms with van der Waals surface area (Å²) < 4.78 is 0. The van der Waals surface area contributed by atoms with E-state index in [2.05, 4.69) is 11.9 Å². The van der Waals surface area contributed by atoms with Crippen LogP contribution in [0.1, 0.15) is 19.3 Å². The van der Waals surface area contributed by atoms with Crippen molar-refractivity contribution in [1.82, 2.24) is 4.90 Å². The fourth-order valence-electron chi connectivity index (χ4n) is 2.40. The minimum absolute atomic E-state index is 0.0319. The average Bonchev–Trinajstić information content (AvgIpc) is 2.70. The lowest BCUT2D eigenvalue weighted by molar-refractivity contribution is -0.139. The number of carboxylic acids is 1. The van der Waals surface area contributed by atoms with E-state index in [9.17, 15) is 4.79 Å². The highest BCUT2D eigenvalue weighted by molar-refractivity contribution is 5.73. The van der Waals surface area contributed by atoms with Gasteiger partial charge in [0.2, 0.25) is 0 Å². The van der Waals surface area contributed by atoms with Gasteiger partial charge in [-0.15, -0.1) is 0 Å². The molecule has 0 radical (unpaired) electrons. The first-order valence-corrected chi connectivity index (χ1v) is 4.63. The smallest absolute Gasteiger partial charge is 0.306 e. The van der Waals surface area contributed by atoms with Crippen LogP contribution in [0.25, 0.3) is 0 Å². The molecule has 3 heteroatoms. The highest BCUT2D eigenvalue weighted by Crippen LogP contribution is 2.45. The molecule has 0 bridgehead atoms. The highest BCUT2D eigenvalue weighted by atomic mass is 16.4. The first-order chi connectivity index (χ1) is 5.70. The highest BCUT2D eigenvalue weighted by Gasteiger charge is 2.49. The molecule has 1 aliphatic carbocycles. The van der Waals surface area contributed by atoms with Gasteiger partial charge in [0.1, 0.15) is 0 Å². The topological polar surface area (TPSA) is 40.5 Å². The van der Waals surface area contributed by atoms with Crippen LogP contribution in [0.2, 0.25) is 0 Å². The second-order valence-corrected chi connectivity index (χ2v) is 4.03. The Kier molecular flexibility index (Phi) is 1.83. The summed E-state index contributed by atoms with van der Waals surface area (Å²) in [5, 5.41) is 8.75. The Balaban J connectivity index is 1.91. The molecule has 1 N–H and O–H groups in total. The molecular formula is C9H15NO2. The molecule has 1 aliphatic heterocycles. The monoisotopic (exact) mass is 169 g/mol. The maximum Gasteiger partial charge on any atom is 0.306 e. The Bertz CT molecular complexity index is 205. The van der Waals surface area contributed by atoms with Crippen molar-refractivity contribution in [2.24, 2.45) is 11.8 Å². The van der Waals surface area contributed by atoms with Gasteiger partial charge in [0.25, 0.3) is 0 Å². The lowest BCUT2D eigenvalue weighted by atomic mass is 10.1. The molecule has 1 heterocycles. The van der Waals surface area contributed by atoms with E-state index in [1.54, 1.807) is 0 Å². The number of aliphatic carboxylic acids is 1. The number of nitrogens with zero attached hydrogens (tertiary/aromatic N) is 1. The molecule has 1 unspecified atom stereocenters. The first-order valence-electron chi connectivity index (χ1n) is 4.63. The van der Waals surface area contributed by atoms with Gasteiger partial charge in [0.15, 0.2) is 0 Å². The lowest BCUT2D eigenvalue weighted by Crippen LogP contribution is -2.28. The summed E-state index contributed by atoms with van der Waals surface area (Å²) in [4.78, 5) is 12.9. The molecule has 2 rings (SSSR count). The number of hydrogen-bond donors (Lipinski definition) is 1. The van der Waals surface area contributed by atoms with Crippen molar-refractivity contribution in [2.75, 3.05) is 13.6 Å². The van der Waals surface area contributed by atoms with E-state index in [1.165, 1.54) is 12.8 Å². The Morgan fingerprint density at radius 3 is 2.75 bits per heavy atom. The first kappa shape index (κ1) is 8.05. The van der Waals surface area contributed by atoms with Crippen molar-refractivity contribution in [3.05, 3.63) is 0 Å². The maximum absolute atomic E-state index is 10.6. The summed E-state index contributed by atoms with van der Waals surface area (Å²) >= 11 is 0. The molecule has 1 saturated carbocycles. The van der Waals surface area contributed by atoms with Gasteiger partial charge in [-0.1, -0.05) is 0 Å². The van der Waals surface area contributed by atoms with Crippen LogP contribution in [0.3, 0.4) is 0 Å². The summed E-state index contributed by atoms with van der Waals surface area (Å²) in [6, 6.07) is 0.561. The SMILES string of the molecule is CN1CCCC1[C@H]1C[C@@H]1C(=O)O. The van der Waals surface area contributed by atoms with Gasteiger partial charge in [-0.3, -0.25) is 4.79 Å². The number of likely N-dealkylation sites (tertiary alicyclic amines) is 1. The Labute approximate surface area is 72.4 Å². The molecule has 12 heavy (non-hydrogen) atoms. The zero-order chi connectivity index (χ0) is 8.72. The van der Waals surface area contributed by atoms with Gasteiger partial charge in [-0.25, -0.2) is 0 Å². The number of rotatable bonds is 2. The molecule has 1 saturated heterocycles. The predicted octanol–water partition coefficient (Wildman–Crippen LogP) is 0.801. The van der Waals surface area contributed by atoms with Crippen LogP contribution in [0.5, 0.6) is 0 Å². The van der Waals surface area contributed by atoms with Gasteiger partial charge >= 0.3 is 5.97 Å². The van der Waals surface area contributed by atoms with Gasteiger partial charge in [-0.05, 0) is 38.8 Å². The van der Waals surface area contributed by atoms with Crippen LogP contribution in [-0.4, -0.2) is 35.6 Å². The normalized spacial score (nSPS) is 41.6. The maximum atomic E-state index is 10.6. The largest absolute Gasteiger partial charge is 0.481 e. The fraction of sp³-hybridized carbons (Fsp3) is 0.889. The van der Waals surface area contributed by atoms with E-state index in [1.807, 2.05) is 0 Å². The quantitative estimate of drug-likeness (QED) is 0.664. The summed E-state index contributed by atoms with van der Waals surface area (Å²) in [6.45, 7) is 1.15. The van der Waals surface area contributed by atoms with Crippen molar-refractivity contribution >= 4 is 5.97 Å². The summed E-state index contributed by atoms with van der Waals surface area (Å²) in [5.74, 6) is -0.175. The van der Waals surface area contributed by atoms with Crippen LogP contribution >= 0.6 is 0 Å². The summed E-state index contributed by atoms with van der Waals surface area (Å²) in [5.41, 5.74) is 0. The average molecular weight is 169 g/mol. The van der Waals surface area contributed by atoms with Crippen molar-refractivity contribution < 1.29 is 9.90 Å². The third kappa shape index (κ3) is 1.22. The molecule has 0 aromatic carbocycles. The van der Waals surface area contributed by atoms with E-state index in [4.69, 9.17) is 5.11 Å². The van der Waals surface area contributed by atoms with E-state index in [-0.39, 0.29) is 5.92 Å². The summed E-state index contributed by atoms with van der Waals surface area (Å²) in [7, 11) is 2.11. The zero-order valence-corrected chi connectivity index (χ0v) is 7.36. The second-order valence-electron chi connectivity index (χ2n) is 4.03. The van der Waals surface area contributed by atoms with Crippen LogP contribution in [0.4, 0.5) is 0 Å². The fourth-order valence-corrected chi connectivity index (χ4v) is 2.40. The minimum atomic E-state index is -0.597. The van der Waals surface area contributed by atoms with E-state index >= 15 is 0 Å². The number of hydrogen-bond acceptors (Lipinski definition) is 2. The molecular weight excluding hydrogens is 154 g/mol. The molecule has 2 fully saturated rings. The Morgan fingerprint density at radius 1 is 1.58 bits per heavy atom. The van der Waals surface area contributed by atoms with Crippen LogP contribution in [-0.2, 0) is 4.79 Å². The molecule has 0 aromatic heterocycles. The summed E-state index contributed by atoms with van der Waals surface area (Å²) in [6.07, 6.45) is 3.35. The van der Waals surface area contributed by atoms with E-state index in [0.29, 0.717) is 12.0 Å². The van der Waals surface area contributed by atoms with Crippen molar-refractivity contribution in [2.45, 2.75) is 25.3 Å². The second kappa shape index (κ2) is 2.73. The standard InChI is InChI=1S/C9H15NO2/c1-10-4-2-3-8(10)6-5-7(6)9(11)12/h6-8H,2-5H2,1H3,(H,11,12)/t6-,7-,8?/m0/s1. The zero-order valence-electron chi connectivity index (χ0n) is 7.36. The van der Waals surface area contributed by atoms with Gasteiger partial charge < -0.3 is 10.0 Å². The number of carbonyl (C=O) groups is 1. The van der Waals surface area contributed by atoms with E-state index in [0.717, 1.165) is 13.0 Å². The third-order valence-electron chi connectivity index (χ3n) is 3.23. The molecule has 0 aromatic rings. The molecule has 0 spiro atoms. The predicted molar refractivity (Wildman–Crippen MR) is 44.9 cm³/mol. The minimum Gasteiger partial charge on any atom is -0.481 e. The van der Waals surface area contributed by atoms with Gasteiger partial charge in [-0.2, -0.15) is 0 Å². The molecule has 2 aliphatic rings. The molecule has 0 amide bonds. The lowest BCUT2D eigenvalue weighted by Gasteiger charge is -2.18. The third-order valence-corrected chi connectivity index (χ3v) is 3.23. The molecule has 3 nitrogen and oxygen atoms in total. The van der Waals surface area contributed by atoms with Gasteiger partial charge in [0, 0.05) is 6.04 Å². The molecule has 3 atom stereocenters. The van der Waals surface area contributed by atoms with E-state index < -0.39 is 5.97 Å². The Hall–Kier alpha value is -0.570. The van der Waals surface area contributed by atoms with Crippen molar-refractivity contribution in [3.8, 4) is 0 Å². The van der Waals surface area contributed by atoms with Crippen molar-refractivity contribution in [1.29, 1.82) is 0 Å². The Morgan fingerprint density at radius 2 is 2.33 bits per heavy atom. The van der Waals surface area contributed by atoms with Gasteiger partial charge in [0.05, 0.1) is 5.92 Å². The van der Waals surface area contributed by atoms with Crippen LogP contribution in [0.15, 0.2) is 0 Å².